The Morgan fingerprint density at radius 1 is 1.15 bits per heavy atom. The first-order valence-corrected chi connectivity index (χ1v) is 6.77. The Hall–Kier alpha value is -2.04. The minimum absolute atomic E-state index is 0.0539. The Bertz CT molecular complexity index is 470. The third-order valence-corrected chi connectivity index (χ3v) is 3.18. The molecule has 1 aromatic carbocycles. The van der Waals surface area contributed by atoms with E-state index in [0.717, 1.165) is 5.56 Å². The molecule has 0 atom stereocenters. The van der Waals surface area contributed by atoms with Crippen LogP contribution in [-0.2, 0) is 16.0 Å². The van der Waals surface area contributed by atoms with E-state index in [4.69, 9.17) is 0 Å². The van der Waals surface area contributed by atoms with Gasteiger partial charge in [-0.05, 0) is 31.5 Å². The van der Waals surface area contributed by atoms with Gasteiger partial charge < -0.3 is 14.9 Å². The number of hydrogen-bond donors (Lipinski definition) is 1. The molecule has 0 bridgehead atoms. The predicted octanol–water partition coefficient (Wildman–Crippen LogP) is 1.26. The number of phenols is 1. The number of carbonyl (C=O) groups is 2. The van der Waals surface area contributed by atoms with Gasteiger partial charge in [-0.25, -0.2) is 0 Å². The van der Waals surface area contributed by atoms with Crippen LogP contribution in [0.25, 0.3) is 0 Å². The largest absolute Gasteiger partial charge is 0.508 e. The molecule has 0 fully saturated rings. The van der Waals surface area contributed by atoms with Crippen LogP contribution in [-0.4, -0.2) is 53.4 Å². The molecule has 0 aliphatic heterocycles. The van der Waals surface area contributed by atoms with Gasteiger partial charge in [-0.2, -0.15) is 0 Å². The zero-order chi connectivity index (χ0) is 15.1. The van der Waals surface area contributed by atoms with Gasteiger partial charge >= 0.3 is 0 Å². The molecule has 0 radical (unpaired) electrons. The van der Waals surface area contributed by atoms with E-state index in [1.54, 1.807) is 36.2 Å². The molecule has 0 saturated heterocycles. The highest BCUT2D eigenvalue weighted by molar-refractivity contribution is 5.85. The van der Waals surface area contributed by atoms with Crippen LogP contribution in [0.2, 0.25) is 0 Å². The second kappa shape index (κ2) is 7.53. The van der Waals surface area contributed by atoms with Crippen molar-refractivity contribution >= 4 is 11.8 Å². The van der Waals surface area contributed by atoms with E-state index >= 15 is 0 Å². The summed E-state index contributed by atoms with van der Waals surface area (Å²) in [6.45, 7) is 5.19. The zero-order valence-electron chi connectivity index (χ0n) is 12.3. The third-order valence-electron chi connectivity index (χ3n) is 3.18. The van der Waals surface area contributed by atoms with Gasteiger partial charge in [0.05, 0.1) is 13.0 Å². The van der Waals surface area contributed by atoms with Crippen LogP contribution in [0.4, 0.5) is 0 Å². The highest BCUT2D eigenvalue weighted by Crippen LogP contribution is 2.12. The molecule has 0 unspecified atom stereocenters. The molecule has 0 spiro atoms. The maximum Gasteiger partial charge on any atom is 0.242 e. The fourth-order valence-corrected chi connectivity index (χ4v) is 1.94. The molecule has 0 aliphatic carbocycles. The summed E-state index contributed by atoms with van der Waals surface area (Å²) >= 11 is 0. The predicted molar refractivity (Wildman–Crippen MR) is 77.4 cm³/mol. The number of carbonyl (C=O) groups excluding carboxylic acids is 2. The second-order valence-electron chi connectivity index (χ2n) is 4.66. The minimum atomic E-state index is -0.142. The second-order valence-corrected chi connectivity index (χ2v) is 4.66. The van der Waals surface area contributed by atoms with Crippen LogP contribution >= 0.6 is 0 Å². The van der Waals surface area contributed by atoms with E-state index in [2.05, 4.69) is 0 Å². The van der Waals surface area contributed by atoms with E-state index < -0.39 is 0 Å². The molecule has 0 heterocycles. The first kappa shape index (κ1) is 16.0. The number of nitrogens with zero attached hydrogens (tertiary/aromatic N) is 2. The van der Waals surface area contributed by atoms with Crippen molar-refractivity contribution < 1.29 is 14.7 Å². The van der Waals surface area contributed by atoms with Crippen LogP contribution < -0.4 is 0 Å². The van der Waals surface area contributed by atoms with Gasteiger partial charge in [0.1, 0.15) is 5.75 Å². The van der Waals surface area contributed by atoms with Crippen LogP contribution in [0.3, 0.4) is 0 Å². The van der Waals surface area contributed by atoms with Gasteiger partial charge in [-0.1, -0.05) is 12.1 Å². The lowest BCUT2D eigenvalue weighted by atomic mass is 10.1. The van der Waals surface area contributed by atoms with Crippen molar-refractivity contribution in [2.45, 2.75) is 20.3 Å². The topological polar surface area (TPSA) is 60.9 Å². The summed E-state index contributed by atoms with van der Waals surface area (Å²) < 4.78 is 0. The lowest BCUT2D eigenvalue weighted by Crippen LogP contribution is -2.41. The van der Waals surface area contributed by atoms with Gasteiger partial charge in [0.15, 0.2) is 0 Å². The summed E-state index contributed by atoms with van der Waals surface area (Å²) in [4.78, 5) is 27.1. The number of rotatable bonds is 6. The summed E-state index contributed by atoms with van der Waals surface area (Å²) in [7, 11) is 1.62. The smallest absolute Gasteiger partial charge is 0.242 e. The highest BCUT2D eigenvalue weighted by atomic mass is 16.3. The zero-order valence-corrected chi connectivity index (χ0v) is 12.3. The average Bonchev–Trinajstić information content (AvgIpc) is 2.40. The van der Waals surface area contributed by atoms with Gasteiger partial charge in [-0.3, -0.25) is 9.59 Å². The van der Waals surface area contributed by atoms with Gasteiger partial charge in [0.2, 0.25) is 11.8 Å². The molecule has 5 heteroatoms. The van der Waals surface area contributed by atoms with Crippen LogP contribution in [0.1, 0.15) is 19.4 Å². The minimum Gasteiger partial charge on any atom is -0.508 e. The fourth-order valence-electron chi connectivity index (χ4n) is 1.94. The van der Waals surface area contributed by atoms with E-state index in [1.165, 1.54) is 4.90 Å². The number of hydrogen-bond acceptors (Lipinski definition) is 3. The number of aromatic hydroxyl groups is 1. The van der Waals surface area contributed by atoms with Crippen molar-refractivity contribution in [2.75, 3.05) is 26.7 Å². The number of amides is 2. The molecule has 0 saturated carbocycles. The van der Waals surface area contributed by atoms with E-state index in [9.17, 15) is 14.7 Å². The molecule has 2 amide bonds. The molecule has 0 aliphatic rings. The Balaban J connectivity index is 2.57. The van der Waals surface area contributed by atoms with Crippen molar-refractivity contribution in [3.05, 3.63) is 29.8 Å². The fraction of sp³-hybridized carbons (Fsp3) is 0.467. The molecular formula is C15H22N2O3. The van der Waals surface area contributed by atoms with Crippen molar-refractivity contribution in [3.63, 3.8) is 0 Å². The number of phenolic OH excluding ortho intramolecular Hbond substituents is 1. The monoisotopic (exact) mass is 278 g/mol. The summed E-state index contributed by atoms with van der Waals surface area (Å²) in [5.74, 6) is -0.0602. The van der Waals surface area contributed by atoms with Gasteiger partial charge in [0, 0.05) is 20.1 Å². The van der Waals surface area contributed by atoms with E-state index in [1.807, 2.05) is 13.8 Å². The molecule has 1 N–H and O–H groups in total. The number of likely N-dealkylation sites (N-methyl/N-ethyl adjacent to an activating group) is 2. The van der Waals surface area contributed by atoms with Crippen LogP contribution in [0, 0.1) is 0 Å². The van der Waals surface area contributed by atoms with Crippen molar-refractivity contribution in [3.8, 4) is 5.75 Å². The standard InChI is InChI=1S/C15H22N2O3/c1-4-17(5-2)15(20)11-16(3)14(19)10-12-7-6-8-13(18)9-12/h6-9,18H,4-5,10-11H2,1-3H3. The van der Waals surface area contributed by atoms with Gasteiger partial charge in [-0.15, -0.1) is 0 Å². The Labute approximate surface area is 119 Å². The molecule has 1 aromatic rings. The SMILES string of the molecule is CCN(CC)C(=O)CN(C)C(=O)Cc1cccc(O)c1. The molecule has 0 aromatic heterocycles. The van der Waals surface area contributed by atoms with Crippen molar-refractivity contribution in [1.82, 2.24) is 9.80 Å². The quantitative estimate of drug-likeness (QED) is 0.852. The Morgan fingerprint density at radius 3 is 2.35 bits per heavy atom. The molecule has 1 rings (SSSR count). The molecule has 110 valence electrons. The maximum atomic E-state index is 12.0. The Kier molecular flexibility index (Phi) is 6.03. The lowest BCUT2D eigenvalue weighted by molar-refractivity contribution is -0.138. The molecular weight excluding hydrogens is 256 g/mol. The summed E-state index contributed by atoms with van der Waals surface area (Å²) in [6.07, 6.45) is 0.177. The van der Waals surface area contributed by atoms with E-state index in [-0.39, 0.29) is 30.5 Å². The molecule has 5 nitrogen and oxygen atoms in total. The third kappa shape index (κ3) is 4.57. The summed E-state index contributed by atoms with van der Waals surface area (Å²) in [5, 5.41) is 9.36. The summed E-state index contributed by atoms with van der Waals surface area (Å²) in [5.41, 5.74) is 0.733. The number of benzene rings is 1. The first-order valence-electron chi connectivity index (χ1n) is 6.77. The molecule has 20 heavy (non-hydrogen) atoms. The summed E-state index contributed by atoms with van der Waals surface area (Å²) in [6, 6.07) is 6.58. The highest BCUT2D eigenvalue weighted by Gasteiger charge is 2.16. The van der Waals surface area contributed by atoms with Gasteiger partial charge in [0.25, 0.3) is 0 Å². The first-order chi connectivity index (χ1) is 9.47. The van der Waals surface area contributed by atoms with Crippen LogP contribution in [0.5, 0.6) is 5.75 Å². The van der Waals surface area contributed by atoms with E-state index in [0.29, 0.717) is 13.1 Å². The normalized spacial score (nSPS) is 10.2. The lowest BCUT2D eigenvalue weighted by Gasteiger charge is -2.23. The van der Waals surface area contributed by atoms with Crippen molar-refractivity contribution in [1.29, 1.82) is 0 Å². The van der Waals surface area contributed by atoms with Crippen LogP contribution in [0.15, 0.2) is 24.3 Å². The Morgan fingerprint density at radius 2 is 1.80 bits per heavy atom. The van der Waals surface area contributed by atoms with Crippen molar-refractivity contribution in [2.24, 2.45) is 0 Å². The average molecular weight is 278 g/mol. The maximum absolute atomic E-state index is 12.0.